The molecule has 0 atom stereocenters. The van der Waals surface area contributed by atoms with E-state index in [2.05, 4.69) is 10.2 Å². The Bertz CT molecular complexity index is 1120. The molecule has 10 heteroatoms. The van der Waals surface area contributed by atoms with Crippen LogP contribution in [0.15, 0.2) is 46.5 Å². The summed E-state index contributed by atoms with van der Waals surface area (Å²) < 4.78 is 7.54. The number of thioether (sulfide) groups is 1. The quantitative estimate of drug-likeness (QED) is 0.235. The molecule has 1 heterocycles. The molecule has 156 valence electrons. The lowest BCUT2D eigenvalue weighted by Crippen LogP contribution is -2.03. The molecule has 30 heavy (non-hydrogen) atoms. The fraction of sp³-hybridized carbons (Fsp3) is 0.150. The van der Waals surface area contributed by atoms with Gasteiger partial charge in [0.15, 0.2) is 22.5 Å². The summed E-state index contributed by atoms with van der Waals surface area (Å²) >= 11 is 8.92. The number of aliphatic carboxylic acids is 1. The van der Waals surface area contributed by atoms with Gasteiger partial charge in [-0.15, -0.1) is 10.2 Å². The molecule has 0 saturated carbocycles. The Balaban J connectivity index is 1.98. The van der Waals surface area contributed by atoms with Crippen molar-refractivity contribution in [2.45, 2.75) is 18.6 Å². The first-order chi connectivity index (χ1) is 14.3. The van der Waals surface area contributed by atoms with E-state index in [1.54, 1.807) is 24.3 Å². The number of phenolic OH excluding ortho intramolecular Hbond substituents is 1. The van der Waals surface area contributed by atoms with Gasteiger partial charge < -0.3 is 19.5 Å². The largest absolute Gasteiger partial charge is 0.504 e. The summed E-state index contributed by atoms with van der Waals surface area (Å²) in [5.74, 6) is -0.189. The van der Waals surface area contributed by atoms with Crippen molar-refractivity contribution in [1.82, 2.24) is 14.8 Å². The van der Waals surface area contributed by atoms with Crippen LogP contribution in [0, 0.1) is 3.57 Å². The van der Waals surface area contributed by atoms with Crippen LogP contribution in [0.4, 0.5) is 0 Å². The van der Waals surface area contributed by atoms with E-state index in [0.29, 0.717) is 31.7 Å². The monoisotopic (exact) mass is 557 g/mol. The predicted molar refractivity (Wildman–Crippen MR) is 125 cm³/mol. The number of aromatic hydroxyl groups is 1. The van der Waals surface area contributed by atoms with E-state index in [0.717, 1.165) is 17.3 Å². The summed E-state index contributed by atoms with van der Waals surface area (Å²) in [6, 6.07) is 10.5. The van der Waals surface area contributed by atoms with Crippen LogP contribution in [0.5, 0.6) is 11.5 Å². The predicted octanol–water partition coefficient (Wildman–Crippen LogP) is 5.16. The molecular formula is C20H17ClIN3O4S. The van der Waals surface area contributed by atoms with Gasteiger partial charge in [0.2, 0.25) is 0 Å². The maximum Gasteiger partial charge on any atom is 0.342 e. The standard InChI is InChI=1S/C20H17ClIN3O4S/c1-3-25-18(12-4-6-13(21)7-5-12)23-24-20(25)30-16(19(27)28)10-11-8-14(22)17(26)15(9-11)29-2/h4-10,26H,3H2,1-2H3,(H,27,28)/b16-10-. The highest BCUT2D eigenvalue weighted by Crippen LogP contribution is 2.35. The number of rotatable bonds is 7. The maximum absolute atomic E-state index is 11.9. The van der Waals surface area contributed by atoms with Crippen LogP contribution in [-0.2, 0) is 11.3 Å². The molecule has 0 aliphatic carbocycles. The van der Waals surface area contributed by atoms with Crippen molar-refractivity contribution < 1.29 is 19.7 Å². The van der Waals surface area contributed by atoms with Crippen molar-refractivity contribution in [2.75, 3.05) is 7.11 Å². The molecular weight excluding hydrogens is 541 g/mol. The molecule has 2 N–H and O–H groups in total. The molecule has 7 nitrogen and oxygen atoms in total. The number of ether oxygens (including phenoxy) is 1. The van der Waals surface area contributed by atoms with E-state index in [9.17, 15) is 15.0 Å². The Hall–Kier alpha value is -2.24. The number of nitrogens with zero attached hydrogens (tertiary/aromatic N) is 3. The van der Waals surface area contributed by atoms with Crippen molar-refractivity contribution in [1.29, 1.82) is 0 Å². The number of benzene rings is 2. The fourth-order valence-corrected chi connectivity index (χ4v) is 4.32. The van der Waals surface area contributed by atoms with Crippen molar-refractivity contribution in [2.24, 2.45) is 0 Å². The molecule has 3 rings (SSSR count). The van der Waals surface area contributed by atoms with E-state index < -0.39 is 5.97 Å². The molecule has 2 aromatic carbocycles. The third-order valence-corrected chi connectivity index (χ3v) is 6.19. The highest BCUT2D eigenvalue weighted by molar-refractivity contribution is 14.1. The summed E-state index contributed by atoms with van der Waals surface area (Å²) in [5.41, 5.74) is 1.42. The zero-order valence-electron chi connectivity index (χ0n) is 16.0. The number of methoxy groups -OCH3 is 1. The van der Waals surface area contributed by atoms with Crippen LogP contribution in [0.2, 0.25) is 5.02 Å². The van der Waals surface area contributed by atoms with Crippen molar-refractivity contribution in [3.63, 3.8) is 0 Å². The third-order valence-electron chi connectivity index (χ3n) is 4.12. The van der Waals surface area contributed by atoms with Crippen LogP contribution >= 0.6 is 46.0 Å². The van der Waals surface area contributed by atoms with Crippen LogP contribution < -0.4 is 4.74 Å². The van der Waals surface area contributed by atoms with Gasteiger partial charge in [-0.05, 0) is 89.3 Å². The van der Waals surface area contributed by atoms with Crippen LogP contribution in [0.25, 0.3) is 17.5 Å². The first-order valence-electron chi connectivity index (χ1n) is 8.72. The Kier molecular flexibility index (Phi) is 7.27. The van der Waals surface area contributed by atoms with Crippen LogP contribution in [0.3, 0.4) is 0 Å². The van der Waals surface area contributed by atoms with Crippen molar-refractivity contribution in [3.05, 3.63) is 55.5 Å². The van der Waals surface area contributed by atoms with Gasteiger partial charge in [-0.2, -0.15) is 0 Å². The molecule has 0 aliphatic rings. The van der Waals surface area contributed by atoms with Gasteiger partial charge in [0.05, 0.1) is 10.7 Å². The summed E-state index contributed by atoms with van der Waals surface area (Å²) in [6.07, 6.45) is 1.51. The Morgan fingerprint density at radius 2 is 2.00 bits per heavy atom. The van der Waals surface area contributed by atoms with Gasteiger partial charge in [-0.1, -0.05) is 11.6 Å². The average molecular weight is 558 g/mol. The molecule has 0 unspecified atom stereocenters. The number of carbonyl (C=O) groups is 1. The fourth-order valence-electron chi connectivity index (χ4n) is 2.68. The zero-order chi connectivity index (χ0) is 21.8. The topological polar surface area (TPSA) is 97.5 Å². The second kappa shape index (κ2) is 9.71. The SMILES string of the molecule is CCn1c(S/C(=C\c2cc(I)c(O)c(OC)c2)C(=O)O)nnc1-c1ccc(Cl)cc1. The van der Waals surface area contributed by atoms with E-state index >= 15 is 0 Å². The van der Waals surface area contributed by atoms with E-state index in [1.165, 1.54) is 13.2 Å². The van der Waals surface area contributed by atoms with Crippen molar-refractivity contribution >= 4 is 58.0 Å². The van der Waals surface area contributed by atoms with Crippen molar-refractivity contribution in [3.8, 4) is 22.9 Å². The molecule has 1 aromatic heterocycles. The molecule has 0 amide bonds. The van der Waals surface area contributed by atoms with Gasteiger partial charge >= 0.3 is 5.97 Å². The highest BCUT2D eigenvalue weighted by Gasteiger charge is 2.19. The Labute approximate surface area is 195 Å². The summed E-state index contributed by atoms with van der Waals surface area (Å²) in [7, 11) is 1.44. The molecule has 0 fully saturated rings. The van der Waals surface area contributed by atoms with Gasteiger partial charge in [-0.3, -0.25) is 0 Å². The lowest BCUT2D eigenvalue weighted by Gasteiger charge is -2.09. The van der Waals surface area contributed by atoms with Crippen LogP contribution in [0.1, 0.15) is 12.5 Å². The smallest absolute Gasteiger partial charge is 0.342 e. The molecule has 0 aliphatic heterocycles. The number of carboxylic acids is 1. The molecule has 0 bridgehead atoms. The Morgan fingerprint density at radius 3 is 2.60 bits per heavy atom. The van der Waals surface area contributed by atoms with Gasteiger partial charge in [0.1, 0.15) is 4.91 Å². The number of halogens is 2. The summed E-state index contributed by atoms with van der Waals surface area (Å²) in [5, 5.41) is 29.2. The van der Waals surface area contributed by atoms with Gasteiger partial charge in [0.25, 0.3) is 0 Å². The minimum Gasteiger partial charge on any atom is -0.504 e. The highest BCUT2D eigenvalue weighted by atomic mass is 127. The number of hydrogen-bond acceptors (Lipinski definition) is 6. The number of carboxylic acid groups (broad SMARTS) is 1. The van der Waals surface area contributed by atoms with E-state index in [-0.39, 0.29) is 16.4 Å². The molecule has 3 aromatic rings. The molecule has 0 radical (unpaired) electrons. The van der Waals surface area contributed by atoms with Gasteiger partial charge in [0, 0.05) is 17.1 Å². The summed E-state index contributed by atoms with van der Waals surface area (Å²) in [4.78, 5) is 11.9. The van der Waals surface area contributed by atoms with E-state index in [4.69, 9.17) is 16.3 Å². The van der Waals surface area contributed by atoms with Crippen LogP contribution in [-0.4, -0.2) is 38.1 Å². The minimum atomic E-state index is -1.10. The second-order valence-electron chi connectivity index (χ2n) is 6.03. The normalized spacial score (nSPS) is 11.5. The molecule has 0 saturated heterocycles. The number of phenols is 1. The minimum absolute atomic E-state index is 0.0121. The molecule has 0 spiro atoms. The zero-order valence-corrected chi connectivity index (χ0v) is 19.7. The Morgan fingerprint density at radius 1 is 1.30 bits per heavy atom. The third kappa shape index (κ3) is 4.90. The summed E-state index contributed by atoms with van der Waals surface area (Å²) in [6.45, 7) is 2.50. The first-order valence-corrected chi connectivity index (χ1v) is 11.0. The lowest BCUT2D eigenvalue weighted by atomic mass is 10.2. The number of hydrogen-bond donors (Lipinski definition) is 2. The first kappa shape index (κ1) is 22.4. The average Bonchev–Trinajstić information content (AvgIpc) is 3.13. The maximum atomic E-state index is 11.9. The lowest BCUT2D eigenvalue weighted by molar-refractivity contribution is -0.131. The number of aromatic nitrogens is 3. The van der Waals surface area contributed by atoms with E-state index in [1.807, 2.05) is 46.2 Å². The second-order valence-corrected chi connectivity index (χ2v) is 8.63. The van der Waals surface area contributed by atoms with Gasteiger partial charge in [-0.25, -0.2) is 4.79 Å².